The van der Waals surface area contributed by atoms with Gasteiger partial charge in [-0.15, -0.1) is 0 Å². The zero-order chi connectivity index (χ0) is 13.0. The van der Waals surface area contributed by atoms with Gasteiger partial charge in [0.2, 0.25) is 0 Å². The maximum Gasteiger partial charge on any atom is 0.137 e. The maximum atomic E-state index is 5.61. The molecule has 0 spiro atoms. The maximum absolute atomic E-state index is 5.61. The van der Waals surface area contributed by atoms with Gasteiger partial charge in [-0.25, -0.2) is 5.43 Å². The third-order valence-electron chi connectivity index (χ3n) is 2.71. The van der Waals surface area contributed by atoms with E-state index in [1.54, 1.807) is 18.7 Å². The Hall–Kier alpha value is -1.85. The Morgan fingerprint density at radius 1 is 1.50 bits per heavy atom. The van der Waals surface area contributed by atoms with Crippen LogP contribution in [0.3, 0.4) is 0 Å². The minimum atomic E-state index is -0.229. The summed E-state index contributed by atoms with van der Waals surface area (Å²) < 4.78 is 10.9. The molecule has 2 aromatic rings. The van der Waals surface area contributed by atoms with Gasteiger partial charge in [0, 0.05) is 6.20 Å². The minimum Gasteiger partial charge on any atom is -0.492 e. The SMILES string of the molecule is CCOc1cncc(C(NN)c2occc2C)c1. The monoisotopic (exact) mass is 247 g/mol. The number of furan rings is 1. The molecule has 5 nitrogen and oxygen atoms in total. The van der Waals surface area contributed by atoms with Gasteiger partial charge < -0.3 is 9.15 Å². The van der Waals surface area contributed by atoms with Crippen molar-refractivity contribution in [2.75, 3.05) is 6.61 Å². The van der Waals surface area contributed by atoms with Crippen molar-refractivity contribution in [1.29, 1.82) is 0 Å². The lowest BCUT2D eigenvalue weighted by molar-refractivity contribution is 0.337. The number of nitrogens with one attached hydrogen (secondary N) is 1. The first kappa shape index (κ1) is 12.6. The molecule has 0 aliphatic carbocycles. The first-order chi connectivity index (χ1) is 8.76. The van der Waals surface area contributed by atoms with Crippen LogP contribution in [0.4, 0.5) is 0 Å². The fourth-order valence-electron chi connectivity index (χ4n) is 1.84. The highest BCUT2D eigenvalue weighted by atomic mass is 16.5. The fraction of sp³-hybridized carbons (Fsp3) is 0.308. The van der Waals surface area contributed by atoms with E-state index in [1.807, 2.05) is 26.0 Å². The summed E-state index contributed by atoms with van der Waals surface area (Å²) in [7, 11) is 0. The summed E-state index contributed by atoms with van der Waals surface area (Å²) in [5.74, 6) is 7.12. The van der Waals surface area contributed by atoms with Crippen molar-refractivity contribution in [3.05, 3.63) is 47.7 Å². The van der Waals surface area contributed by atoms with Gasteiger partial charge in [-0.3, -0.25) is 10.8 Å². The topological polar surface area (TPSA) is 73.3 Å². The Morgan fingerprint density at radius 3 is 2.94 bits per heavy atom. The normalized spacial score (nSPS) is 12.4. The van der Waals surface area contributed by atoms with Crippen molar-refractivity contribution in [2.24, 2.45) is 5.84 Å². The molecule has 0 amide bonds. The second-order valence-corrected chi connectivity index (χ2v) is 3.95. The zero-order valence-corrected chi connectivity index (χ0v) is 10.5. The summed E-state index contributed by atoms with van der Waals surface area (Å²) in [5, 5.41) is 0. The van der Waals surface area contributed by atoms with Gasteiger partial charge in [0.05, 0.1) is 19.1 Å². The smallest absolute Gasteiger partial charge is 0.137 e. The summed E-state index contributed by atoms with van der Waals surface area (Å²) in [4.78, 5) is 4.15. The summed E-state index contributed by atoms with van der Waals surface area (Å²) >= 11 is 0. The molecule has 0 saturated carbocycles. The number of aromatic nitrogens is 1. The largest absolute Gasteiger partial charge is 0.492 e. The van der Waals surface area contributed by atoms with Crippen LogP contribution in [0.15, 0.2) is 35.2 Å². The van der Waals surface area contributed by atoms with Gasteiger partial charge in [0.25, 0.3) is 0 Å². The predicted molar refractivity (Wildman–Crippen MR) is 68.0 cm³/mol. The molecular formula is C13H17N3O2. The average Bonchev–Trinajstić information content (AvgIpc) is 2.78. The van der Waals surface area contributed by atoms with Gasteiger partial charge in [0.15, 0.2) is 0 Å². The Labute approximate surface area is 106 Å². The van der Waals surface area contributed by atoms with Crippen LogP contribution in [0.2, 0.25) is 0 Å². The van der Waals surface area contributed by atoms with Gasteiger partial charge in [-0.1, -0.05) is 0 Å². The third-order valence-corrected chi connectivity index (χ3v) is 2.71. The highest BCUT2D eigenvalue weighted by Gasteiger charge is 2.18. The predicted octanol–water partition coefficient (Wildman–Crippen LogP) is 1.93. The third kappa shape index (κ3) is 2.52. The molecule has 0 fully saturated rings. The number of pyridine rings is 1. The number of ether oxygens (including phenoxy) is 1. The number of nitrogens with two attached hydrogens (primary N) is 1. The number of nitrogens with zero attached hydrogens (tertiary/aromatic N) is 1. The second kappa shape index (κ2) is 5.66. The molecule has 3 N–H and O–H groups in total. The van der Waals surface area contributed by atoms with Crippen molar-refractivity contribution >= 4 is 0 Å². The molecule has 0 aliphatic heterocycles. The number of hydrogen-bond acceptors (Lipinski definition) is 5. The Bertz CT molecular complexity index is 510. The van der Waals surface area contributed by atoms with Crippen molar-refractivity contribution in [3.63, 3.8) is 0 Å². The van der Waals surface area contributed by atoms with Crippen LogP contribution >= 0.6 is 0 Å². The van der Waals surface area contributed by atoms with E-state index >= 15 is 0 Å². The standard InChI is InChI=1S/C13H17N3O2/c1-3-17-11-6-10(7-15-8-11)12(16-14)13-9(2)4-5-18-13/h4-8,12,16H,3,14H2,1-2H3. The highest BCUT2D eigenvalue weighted by Crippen LogP contribution is 2.26. The lowest BCUT2D eigenvalue weighted by atomic mass is 10.0. The van der Waals surface area contributed by atoms with Crippen molar-refractivity contribution in [1.82, 2.24) is 10.4 Å². The molecule has 2 rings (SSSR count). The Balaban J connectivity index is 2.33. The molecule has 18 heavy (non-hydrogen) atoms. The fourth-order valence-corrected chi connectivity index (χ4v) is 1.84. The summed E-state index contributed by atoms with van der Waals surface area (Å²) in [5.41, 5.74) is 4.69. The van der Waals surface area contributed by atoms with Gasteiger partial charge >= 0.3 is 0 Å². The first-order valence-electron chi connectivity index (χ1n) is 5.84. The number of hydrogen-bond donors (Lipinski definition) is 2. The van der Waals surface area contributed by atoms with Crippen molar-refractivity contribution in [3.8, 4) is 5.75 Å². The number of hydrazine groups is 1. The molecule has 0 aromatic carbocycles. The first-order valence-corrected chi connectivity index (χ1v) is 5.84. The molecule has 1 atom stereocenters. The van der Waals surface area contributed by atoms with E-state index in [2.05, 4.69) is 10.4 Å². The van der Waals surface area contributed by atoms with Crippen LogP contribution < -0.4 is 16.0 Å². The van der Waals surface area contributed by atoms with Gasteiger partial charge in [-0.2, -0.15) is 0 Å². The summed E-state index contributed by atoms with van der Waals surface area (Å²) in [6.07, 6.45) is 5.07. The van der Waals surface area contributed by atoms with Gasteiger partial charge in [-0.05, 0) is 37.1 Å². The molecule has 0 saturated heterocycles. The van der Waals surface area contributed by atoms with Crippen LogP contribution in [0.25, 0.3) is 0 Å². The van der Waals surface area contributed by atoms with Crippen LogP contribution in [0.1, 0.15) is 29.9 Å². The highest BCUT2D eigenvalue weighted by molar-refractivity contribution is 5.33. The van der Waals surface area contributed by atoms with Crippen molar-refractivity contribution in [2.45, 2.75) is 19.9 Å². The van der Waals surface area contributed by atoms with E-state index in [0.717, 1.165) is 22.6 Å². The van der Waals surface area contributed by atoms with Gasteiger partial charge in [0.1, 0.15) is 17.6 Å². The zero-order valence-electron chi connectivity index (χ0n) is 10.5. The average molecular weight is 247 g/mol. The van der Waals surface area contributed by atoms with E-state index in [0.29, 0.717) is 6.61 Å². The van der Waals surface area contributed by atoms with Crippen LogP contribution in [0, 0.1) is 6.92 Å². The quantitative estimate of drug-likeness (QED) is 0.624. The van der Waals surface area contributed by atoms with E-state index in [9.17, 15) is 0 Å². The molecule has 0 radical (unpaired) electrons. The summed E-state index contributed by atoms with van der Waals surface area (Å²) in [6.45, 7) is 4.51. The molecule has 5 heteroatoms. The molecule has 1 unspecified atom stereocenters. The van der Waals surface area contributed by atoms with Crippen LogP contribution in [-0.4, -0.2) is 11.6 Å². The van der Waals surface area contributed by atoms with E-state index < -0.39 is 0 Å². The Kier molecular flexibility index (Phi) is 3.96. The number of rotatable bonds is 5. The van der Waals surface area contributed by atoms with E-state index in [4.69, 9.17) is 15.0 Å². The molecular weight excluding hydrogens is 230 g/mol. The molecule has 0 aliphatic rings. The second-order valence-electron chi connectivity index (χ2n) is 3.95. The van der Waals surface area contributed by atoms with E-state index in [1.165, 1.54) is 0 Å². The van der Waals surface area contributed by atoms with Crippen LogP contribution in [-0.2, 0) is 0 Å². The van der Waals surface area contributed by atoms with Crippen LogP contribution in [0.5, 0.6) is 5.75 Å². The van der Waals surface area contributed by atoms with Crippen molar-refractivity contribution < 1.29 is 9.15 Å². The molecule has 0 bridgehead atoms. The minimum absolute atomic E-state index is 0.229. The molecule has 2 aromatic heterocycles. The number of aryl methyl sites for hydroxylation is 1. The lowest BCUT2D eigenvalue weighted by Gasteiger charge is -2.15. The molecule has 96 valence electrons. The lowest BCUT2D eigenvalue weighted by Crippen LogP contribution is -2.29. The Morgan fingerprint density at radius 2 is 2.33 bits per heavy atom. The molecule has 2 heterocycles. The summed E-state index contributed by atoms with van der Waals surface area (Å²) in [6, 6.07) is 3.58. The van der Waals surface area contributed by atoms with E-state index in [-0.39, 0.29) is 6.04 Å².